The highest BCUT2D eigenvalue weighted by molar-refractivity contribution is 8.00. The molecule has 1 unspecified atom stereocenters. The van der Waals surface area contributed by atoms with Crippen molar-refractivity contribution in [1.29, 1.82) is 0 Å². The van der Waals surface area contributed by atoms with Crippen molar-refractivity contribution in [3.8, 4) is 0 Å². The largest absolute Gasteiger partial charge is 0.324 e. The van der Waals surface area contributed by atoms with Gasteiger partial charge in [0.2, 0.25) is 5.91 Å². The van der Waals surface area contributed by atoms with Crippen molar-refractivity contribution in [1.82, 2.24) is 9.55 Å². The lowest BCUT2D eigenvalue weighted by Gasteiger charge is -2.15. The molecule has 0 radical (unpaired) electrons. The molecular weight excluding hydrogens is 374 g/mol. The van der Waals surface area contributed by atoms with Crippen LogP contribution in [0.1, 0.15) is 6.92 Å². The summed E-state index contributed by atoms with van der Waals surface area (Å²) in [6, 6.07) is 9.50. The van der Waals surface area contributed by atoms with E-state index in [-0.39, 0.29) is 16.7 Å². The molecule has 3 aromatic rings. The van der Waals surface area contributed by atoms with Crippen molar-refractivity contribution >= 4 is 56.7 Å². The van der Waals surface area contributed by atoms with Crippen LogP contribution in [0.5, 0.6) is 0 Å². The number of thiophene rings is 1. The fourth-order valence-corrected chi connectivity index (χ4v) is 4.50. The number of carbonyl (C=O) groups excluding carboxylic acids is 1. The summed E-state index contributed by atoms with van der Waals surface area (Å²) in [7, 11) is 1.68. The third kappa shape index (κ3) is 3.75. The fourth-order valence-electron chi connectivity index (χ4n) is 2.27. The van der Waals surface area contributed by atoms with Crippen LogP contribution in [-0.2, 0) is 11.8 Å². The summed E-state index contributed by atoms with van der Waals surface area (Å²) in [5.41, 5.74) is 1.39. The zero-order valence-corrected chi connectivity index (χ0v) is 16.4. The lowest BCUT2D eigenvalue weighted by molar-refractivity contribution is -0.115. The highest BCUT2D eigenvalue weighted by atomic mass is 32.2. The molecule has 0 saturated heterocycles. The van der Waals surface area contributed by atoms with Gasteiger partial charge in [-0.3, -0.25) is 14.2 Å². The van der Waals surface area contributed by atoms with E-state index in [1.165, 1.54) is 27.7 Å². The number of nitrogens with one attached hydrogen (secondary N) is 1. The molecule has 2 heterocycles. The van der Waals surface area contributed by atoms with E-state index >= 15 is 0 Å². The summed E-state index contributed by atoms with van der Waals surface area (Å²) < 4.78 is 2.14. The Morgan fingerprint density at radius 1 is 1.32 bits per heavy atom. The van der Waals surface area contributed by atoms with Crippen LogP contribution >= 0.6 is 34.9 Å². The SMILES string of the molecule is CSc1ccccc1NC(=O)C(C)Sc1nc2ccsc2c(=O)n1C. The van der Waals surface area contributed by atoms with E-state index in [9.17, 15) is 9.59 Å². The summed E-state index contributed by atoms with van der Waals surface area (Å²) in [4.78, 5) is 30.4. The molecule has 0 bridgehead atoms. The summed E-state index contributed by atoms with van der Waals surface area (Å²) in [5.74, 6) is -0.119. The van der Waals surface area contributed by atoms with E-state index in [1.807, 2.05) is 48.9 Å². The van der Waals surface area contributed by atoms with Gasteiger partial charge in [-0.1, -0.05) is 23.9 Å². The molecule has 0 spiro atoms. The minimum absolute atomic E-state index is 0.0807. The number of hydrogen-bond acceptors (Lipinski definition) is 6. The van der Waals surface area contributed by atoms with E-state index in [2.05, 4.69) is 10.3 Å². The Morgan fingerprint density at radius 2 is 2.08 bits per heavy atom. The van der Waals surface area contributed by atoms with Gasteiger partial charge in [0.05, 0.1) is 16.5 Å². The van der Waals surface area contributed by atoms with Gasteiger partial charge in [-0.05, 0) is 36.8 Å². The maximum Gasteiger partial charge on any atom is 0.271 e. The number of amides is 1. The number of thioether (sulfide) groups is 2. The Hall–Kier alpha value is -1.77. The minimum Gasteiger partial charge on any atom is -0.324 e. The van der Waals surface area contributed by atoms with Crippen LogP contribution in [0.4, 0.5) is 5.69 Å². The maximum absolute atomic E-state index is 12.5. The molecule has 0 aliphatic heterocycles. The number of rotatable bonds is 5. The molecule has 5 nitrogen and oxygen atoms in total. The van der Waals surface area contributed by atoms with Crippen molar-refractivity contribution in [3.63, 3.8) is 0 Å². The molecule has 8 heteroatoms. The van der Waals surface area contributed by atoms with E-state index < -0.39 is 0 Å². The monoisotopic (exact) mass is 391 g/mol. The fraction of sp³-hybridized carbons (Fsp3) is 0.235. The van der Waals surface area contributed by atoms with Crippen LogP contribution < -0.4 is 10.9 Å². The molecule has 1 N–H and O–H groups in total. The number of hydrogen-bond donors (Lipinski definition) is 1. The van der Waals surface area contributed by atoms with Crippen LogP contribution in [0, 0.1) is 0 Å². The Balaban J connectivity index is 1.80. The maximum atomic E-state index is 12.5. The van der Waals surface area contributed by atoms with Gasteiger partial charge in [0, 0.05) is 11.9 Å². The molecule has 2 aromatic heterocycles. The van der Waals surface area contributed by atoms with Gasteiger partial charge >= 0.3 is 0 Å². The van der Waals surface area contributed by atoms with Crippen molar-refractivity contribution < 1.29 is 4.79 Å². The highest BCUT2D eigenvalue weighted by Gasteiger charge is 2.19. The minimum atomic E-state index is -0.385. The molecule has 0 saturated carbocycles. The highest BCUT2D eigenvalue weighted by Crippen LogP contribution is 2.27. The molecule has 130 valence electrons. The predicted octanol–water partition coefficient (Wildman–Crippen LogP) is 3.84. The van der Waals surface area contributed by atoms with Crippen molar-refractivity contribution in [2.24, 2.45) is 7.05 Å². The quantitative estimate of drug-likeness (QED) is 0.529. The van der Waals surface area contributed by atoms with E-state index in [1.54, 1.807) is 18.8 Å². The second kappa shape index (κ2) is 7.63. The zero-order valence-electron chi connectivity index (χ0n) is 14.0. The Kier molecular flexibility index (Phi) is 5.51. The summed E-state index contributed by atoms with van der Waals surface area (Å²) >= 11 is 4.24. The standard InChI is InChI=1S/C17H17N3O2S3/c1-10(15(21)18-11-6-4-5-7-13(11)23-3)25-17-19-12-8-9-24-14(12)16(22)20(17)2/h4-10H,1-3H3,(H,18,21). The molecule has 0 aliphatic rings. The van der Waals surface area contributed by atoms with Gasteiger partial charge in [0.25, 0.3) is 5.56 Å². The normalized spacial score (nSPS) is 12.3. The zero-order chi connectivity index (χ0) is 18.0. The van der Waals surface area contributed by atoms with Crippen LogP contribution in [0.15, 0.2) is 50.6 Å². The Bertz CT molecular complexity index is 981. The van der Waals surface area contributed by atoms with Crippen LogP contribution in [0.3, 0.4) is 0 Å². The van der Waals surface area contributed by atoms with Gasteiger partial charge in [0.15, 0.2) is 5.16 Å². The molecule has 1 aromatic carbocycles. The summed E-state index contributed by atoms with van der Waals surface area (Å²) in [5, 5.41) is 4.96. The number of aromatic nitrogens is 2. The average Bonchev–Trinajstić information content (AvgIpc) is 3.08. The van der Waals surface area contributed by atoms with Gasteiger partial charge in [-0.15, -0.1) is 23.1 Å². The van der Waals surface area contributed by atoms with Gasteiger partial charge in [-0.25, -0.2) is 4.98 Å². The average molecular weight is 392 g/mol. The summed E-state index contributed by atoms with van der Waals surface area (Å²) in [6.45, 7) is 1.81. The van der Waals surface area contributed by atoms with E-state index in [0.717, 1.165) is 10.6 Å². The van der Waals surface area contributed by atoms with Gasteiger partial charge < -0.3 is 5.32 Å². The number of nitrogens with zero attached hydrogens (tertiary/aromatic N) is 2. The first-order valence-electron chi connectivity index (χ1n) is 7.56. The number of para-hydroxylation sites is 1. The van der Waals surface area contributed by atoms with Crippen molar-refractivity contribution in [3.05, 3.63) is 46.1 Å². The molecule has 3 rings (SSSR count). The predicted molar refractivity (Wildman–Crippen MR) is 107 cm³/mol. The second-order valence-corrected chi connectivity index (χ2v) is 8.42. The first kappa shape index (κ1) is 18.0. The third-order valence-corrected chi connectivity index (χ3v) is 6.49. The molecule has 1 amide bonds. The van der Waals surface area contributed by atoms with E-state index in [4.69, 9.17) is 0 Å². The van der Waals surface area contributed by atoms with Crippen molar-refractivity contribution in [2.75, 3.05) is 11.6 Å². The topological polar surface area (TPSA) is 64.0 Å². The van der Waals surface area contributed by atoms with Crippen LogP contribution in [0.25, 0.3) is 10.2 Å². The molecule has 0 aliphatic carbocycles. The first-order chi connectivity index (χ1) is 12.0. The number of benzene rings is 1. The lowest BCUT2D eigenvalue weighted by atomic mass is 10.3. The number of anilines is 1. The van der Waals surface area contributed by atoms with Crippen molar-refractivity contribution in [2.45, 2.75) is 22.2 Å². The van der Waals surface area contributed by atoms with E-state index in [0.29, 0.717) is 15.4 Å². The Morgan fingerprint density at radius 3 is 2.84 bits per heavy atom. The second-order valence-electron chi connectivity index (χ2n) is 5.34. The molecule has 0 fully saturated rings. The van der Waals surface area contributed by atoms with Gasteiger partial charge in [0.1, 0.15) is 4.70 Å². The number of fused-ring (bicyclic) bond motifs is 1. The third-order valence-electron chi connectivity index (χ3n) is 3.66. The van der Waals surface area contributed by atoms with Crippen LogP contribution in [-0.4, -0.2) is 27.0 Å². The first-order valence-corrected chi connectivity index (χ1v) is 10.5. The van der Waals surface area contributed by atoms with Gasteiger partial charge in [-0.2, -0.15) is 0 Å². The lowest BCUT2D eigenvalue weighted by Crippen LogP contribution is -2.25. The molecular formula is C17H17N3O2S3. The van der Waals surface area contributed by atoms with Crippen LogP contribution in [0.2, 0.25) is 0 Å². The smallest absolute Gasteiger partial charge is 0.271 e. The molecule has 25 heavy (non-hydrogen) atoms. The number of carbonyl (C=O) groups is 1. The Labute approximate surface area is 157 Å². The molecule has 1 atom stereocenters. The summed E-state index contributed by atoms with van der Waals surface area (Å²) in [6.07, 6.45) is 1.97.